The lowest BCUT2D eigenvalue weighted by Gasteiger charge is -2.23. The first-order valence-corrected chi connectivity index (χ1v) is 5.27. The molecule has 1 aromatic heterocycles. The molecule has 4 nitrogen and oxygen atoms in total. The predicted molar refractivity (Wildman–Crippen MR) is 55.9 cm³/mol. The summed E-state index contributed by atoms with van der Waals surface area (Å²) in [5.74, 6) is 0. The lowest BCUT2D eigenvalue weighted by Crippen LogP contribution is -2.39. The van der Waals surface area contributed by atoms with Crippen molar-refractivity contribution in [2.75, 3.05) is 13.1 Å². The maximum absolute atomic E-state index is 4.33. The van der Waals surface area contributed by atoms with Gasteiger partial charge in [-0.05, 0) is 32.0 Å². The number of aromatic nitrogens is 2. The largest absolute Gasteiger partial charge is 0.317 e. The first-order chi connectivity index (χ1) is 6.84. The van der Waals surface area contributed by atoms with Crippen LogP contribution >= 0.6 is 0 Å². The molecule has 1 aromatic rings. The van der Waals surface area contributed by atoms with Gasteiger partial charge in [-0.1, -0.05) is 0 Å². The van der Waals surface area contributed by atoms with Gasteiger partial charge in [0.25, 0.3) is 0 Å². The molecule has 1 aliphatic heterocycles. The van der Waals surface area contributed by atoms with E-state index in [-0.39, 0.29) is 0 Å². The van der Waals surface area contributed by atoms with E-state index in [9.17, 15) is 0 Å². The minimum Gasteiger partial charge on any atom is -0.317 e. The fourth-order valence-corrected chi connectivity index (χ4v) is 1.83. The molecule has 78 valence electrons. The van der Waals surface area contributed by atoms with Crippen molar-refractivity contribution >= 4 is 0 Å². The monoisotopic (exact) mass is 194 g/mol. The molecule has 0 spiro atoms. The Bertz CT molecular complexity index is 275. The van der Waals surface area contributed by atoms with Gasteiger partial charge in [0.05, 0.1) is 5.69 Å². The van der Waals surface area contributed by atoms with Crippen LogP contribution in [-0.4, -0.2) is 28.9 Å². The number of nitrogens with zero attached hydrogens (tertiary/aromatic N) is 2. The van der Waals surface area contributed by atoms with Crippen LogP contribution < -0.4 is 10.6 Å². The van der Waals surface area contributed by atoms with Crippen molar-refractivity contribution < 1.29 is 0 Å². The van der Waals surface area contributed by atoms with Gasteiger partial charge in [0.15, 0.2) is 0 Å². The molecule has 4 heteroatoms. The molecule has 0 aromatic carbocycles. The second kappa shape index (κ2) is 4.57. The minimum atomic E-state index is 0.665. The molecule has 2 heterocycles. The van der Waals surface area contributed by atoms with Gasteiger partial charge in [-0.25, -0.2) is 0 Å². The molecule has 0 radical (unpaired) electrons. The van der Waals surface area contributed by atoms with Crippen molar-refractivity contribution in [2.24, 2.45) is 7.05 Å². The second-order valence-electron chi connectivity index (χ2n) is 3.89. The summed E-state index contributed by atoms with van der Waals surface area (Å²) in [7, 11) is 1.95. The fraction of sp³-hybridized carbons (Fsp3) is 0.700. The molecule has 2 N–H and O–H groups in total. The van der Waals surface area contributed by atoms with E-state index in [0.29, 0.717) is 6.04 Å². The zero-order valence-electron chi connectivity index (χ0n) is 8.66. The minimum absolute atomic E-state index is 0.665. The molecule has 0 aliphatic carbocycles. The number of hydrogen-bond acceptors (Lipinski definition) is 3. The van der Waals surface area contributed by atoms with Crippen LogP contribution in [0.1, 0.15) is 18.5 Å². The van der Waals surface area contributed by atoms with Crippen LogP contribution in [0, 0.1) is 0 Å². The van der Waals surface area contributed by atoms with Crippen LogP contribution in [0.4, 0.5) is 0 Å². The van der Waals surface area contributed by atoms with Gasteiger partial charge in [-0.15, -0.1) is 0 Å². The molecule has 1 fully saturated rings. The van der Waals surface area contributed by atoms with Gasteiger partial charge in [0.1, 0.15) is 0 Å². The summed E-state index contributed by atoms with van der Waals surface area (Å²) in [5.41, 5.74) is 1.13. The molecule has 14 heavy (non-hydrogen) atoms. The van der Waals surface area contributed by atoms with E-state index in [1.165, 1.54) is 12.8 Å². The molecule has 0 saturated carbocycles. The third kappa shape index (κ3) is 2.56. The van der Waals surface area contributed by atoms with Crippen LogP contribution in [0.25, 0.3) is 0 Å². The lowest BCUT2D eigenvalue weighted by molar-refractivity contribution is 0.384. The molecule has 1 aliphatic rings. The predicted octanol–water partition coefficient (Wildman–Crippen LogP) is 0.262. The van der Waals surface area contributed by atoms with E-state index >= 15 is 0 Å². The highest BCUT2D eigenvalue weighted by Crippen LogP contribution is 2.03. The van der Waals surface area contributed by atoms with E-state index in [1.54, 1.807) is 0 Å². The second-order valence-corrected chi connectivity index (χ2v) is 3.89. The lowest BCUT2D eigenvalue weighted by atomic mass is 10.1. The molecule has 0 bridgehead atoms. The average Bonchev–Trinajstić information content (AvgIpc) is 2.63. The third-order valence-electron chi connectivity index (χ3n) is 2.68. The molecule has 0 amide bonds. The van der Waals surface area contributed by atoms with Gasteiger partial charge >= 0.3 is 0 Å². The van der Waals surface area contributed by atoms with Crippen molar-refractivity contribution in [2.45, 2.75) is 25.4 Å². The topological polar surface area (TPSA) is 41.9 Å². The Balaban J connectivity index is 1.76. The van der Waals surface area contributed by atoms with Gasteiger partial charge in [-0.3, -0.25) is 4.68 Å². The van der Waals surface area contributed by atoms with Gasteiger partial charge < -0.3 is 10.6 Å². The maximum Gasteiger partial charge on any atom is 0.0762 e. The Morgan fingerprint density at radius 2 is 2.36 bits per heavy atom. The summed E-state index contributed by atoms with van der Waals surface area (Å²) in [5, 5.41) is 11.2. The fourth-order valence-electron chi connectivity index (χ4n) is 1.83. The first kappa shape index (κ1) is 9.68. The molecule has 0 unspecified atom stereocenters. The maximum atomic E-state index is 4.33. The SMILES string of the molecule is Cn1ccc(CNC2CCNCC2)n1. The molecule has 1 saturated heterocycles. The summed E-state index contributed by atoms with van der Waals surface area (Å²) in [6, 6.07) is 2.73. The zero-order valence-corrected chi connectivity index (χ0v) is 8.66. The number of hydrogen-bond donors (Lipinski definition) is 2. The van der Waals surface area contributed by atoms with Gasteiger partial charge in [0.2, 0.25) is 0 Å². The Labute approximate surface area is 84.7 Å². The number of rotatable bonds is 3. The smallest absolute Gasteiger partial charge is 0.0762 e. The van der Waals surface area contributed by atoms with E-state index in [0.717, 1.165) is 25.3 Å². The number of nitrogens with one attached hydrogen (secondary N) is 2. The van der Waals surface area contributed by atoms with Crippen molar-refractivity contribution in [1.82, 2.24) is 20.4 Å². The molecular formula is C10H18N4. The zero-order chi connectivity index (χ0) is 9.80. The van der Waals surface area contributed by atoms with Crippen LogP contribution in [0.15, 0.2) is 12.3 Å². The average molecular weight is 194 g/mol. The van der Waals surface area contributed by atoms with Crippen molar-refractivity contribution in [1.29, 1.82) is 0 Å². The van der Waals surface area contributed by atoms with E-state index < -0.39 is 0 Å². The normalized spacial score (nSPS) is 18.6. The van der Waals surface area contributed by atoms with Crippen molar-refractivity contribution in [3.05, 3.63) is 18.0 Å². The van der Waals surface area contributed by atoms with E-state index in [2.05, 4.69) is 21.8 Å². The number of piperidine rings is 1. The van der Waals surface area contributed by atoms with E-state index in [4.69, 9.17) is 0 Å². The molecular weight excluding hydrogens is 176 g/mol. The van der Waals surface area contributed by atoms with Crippen LogP contribution in [0.3, 0.4) is 0 Å². The summed E-state index contributed by atoms with van der Waals surface area (Å²) in [6.45, 7) is 3.17. The first-order valence-electron chi connectivity index (χ1n) is 5.27. The summed E-state index contributed by atoms with van der Waals surface area (Å²) < 4.78 is 1.85. The van der Waals surface area contributed by atoms with Crippen LogP contribution in [0.5, 0.6) is 0 Å². The third-order valence-corrected chi connectivity index (χ3v) is 2.68. The number of aryl methyl sites for hydroxylation is 1. The van der Waals surface area contributed by atoms with E-state index in [1.807, 2.05) is 17.9 Å². The quantitative estimate of drug-likeness (QED) is 0.725. The van der Waals surface area contributed by atoms with Crippen molar-refractivity contribution in [3.63, 3.8) is 0 Å². The highest BCUT2D eigenvalue weighted by molar-refractivity contribution is 4.98. The van der Waals surface area contributed by atoms with Crippen LogP contribution in [0.2, 0.25) is 0 Å². The summed E-state index contributed by atoms with van der Waals surface area (Å²) in [4.78, 5) is 0. The molecule has 2 rings (SSSR count). The van der Waals surface area contributed by atoms with Crippen molar-refractivity contribution in [3.8, 4) is 0 Å². The molecule has 0 atom stereocenters. The highest BCUT2D eigenvalue weighted by Gasteiger charge is 2.11. The van der Waals surface area contributed by atoms with Gasteiger partial charge in [-0.2, -0.15) is 5.10 Å². The summed E-state index contributed by atoms with van der Waals surface area (Å²) in [6.07, 6.45) is 4.44. The summed E-state index contributed by atoms with van der Waals surface area (Å²) >= 11 is 0. The highest BCUT2D eigenvalue weighted by atomic mass is 15.3. The van der Waals surface area contributed by atoms with Crippen LogP contribution in [-0.2, 0) is 13.6 Å². The Hall–Kier alpha value is -0.870. The Morgan fingerprint density at radius 3 is 3.00 bits per heavy atom. The Kier molecular flexibility index (Phi) is 3.16. The Morgan fingerprint density at radius 1 is 1.57 bits per heavy atom. The van der Waals surface area contributed by atoms with Gasteiger partial charge in [0, 0.05) is 25.8 Å². The standard InChI is InChI=1S/C10H18N4/c1-14-7-4-10(13-14)8-12-9-2-5-11-6-3-9/h4,7,9,11-12H,2-3,5-6,8H2,1H3.